The summed E-state index contributed by atoms with van der Waals surface area (Å²) in [5.74, 6) is 2.53. The third-order valence-electron chi connectivity index (χ3n) is 16.4. The number of ether oxygens (including phenoxy) is 1. The van der Waals surface area contributed by atoms with Gasteiger partial charge in [0.25, 0.3) is 0 Å². The molecule has 6 aliphatic rings. The molecule has 0 bridgehead atoms. The van der Waals surface area contributed by atoms with E-state index in [1.54, 1.807) is 6.92 Å². The number of ketones is 1. The molecule has 5 saturated carbocycles. The van der Waals surface area contributed by atoms with Gasteiger partial charge in [0.2, 0.25) is 5.91 Å². The molecular formula is C46H67ClN2O4. The summed E-state index contributed by atoms with van der Waals surface area (Å²) >= 11 is 6.27. The number of hydrogen-bond donors (Lipinski definition) is 0. The number of allylic oxidation sites excluding steroid dienone is 2. The van der Waals surface area contributed by atoms with Crippen LogP contribution < -0.4 is 0 Å². The van der Waals surface area contributed by atoms with Crippen LogP contribution in [0.15, 0.2) is 35.4 Å². The van der Waals surface area contributed by atoms with Crippen molar-refractivity contribution in [2.75, 3.05) is 33.7 Å². The van der Waals surface area contributed by atoms with Crippen LogP contribution in [0, 0.1) is 51.2 Å². The van der Waals surface area contributed by atoms with Gasteiger partial charge >= 0.3 is 5.97 Å². The van der Waals surface area contributed by atoms with Gasteiger partial charge in [0, 0.05) is 60.7 Å². The van der Waals surface area contributed by atoms with Crippen LogP contribution in [0.5, 0.6) is 0 Å². The number of carbonyl (C=O) groups excluding carboxylic acids is 3. The van der Waals surface area contributed by atoms with Gasteiger partial charge in [-0.2, -0.15) is 0 Å². The van der Waals surface area contributed by atoms with E-state index in [9.17, 15) is 14.4 Å². The van der Waals surface area contributed by atoms with Crippen molar-refractivity contribution in [2.24, 2.45) is 51.2 Å². The lowest BCUT2D eigenvalue weighted by Crippen LogP contribution is -2.63. The summed E-state index contributed by atoms with van der Waals surface area (Å²) in [5, 5.41) is 0.742. The van der Waals surface area contributed by atoms with E-state index in [0.717, 1.165) is 75.1 Å². The molecule has 0 aromatic heterocycles. The summed E-state index contributed by atoms with van der Waals surface area (Å²) in [6.45, 7) is 18.1. The zero-order valence-corrected chi connectivity index (χ0v) is 35.0. The van der Waals surface area contributed by atoms with Crippen LogP contribution in [0.2, 0.25) is 5.02 Å². The molecule has 0 spiro atoms. The Morgan fingerprint density at radius 3 is 2.15 bits per heavy atom. The fraction of sp³-hybridized carbons (Fsp3) is 0.761. The lowest BCUT2D eigenvalue weighted by atomic mass is 9.36. The van der Waals surface area contributed by atoms with Crippen molar-refractivity contribution in [3.63, 3.8) is 0 Å². The van der Waals surface area contributed by atoms with Crippen LogP contribution in [0.4, 0.5) is 0 Å². The Bertz CT molecular complexity index is 1640. The number of carbonyl (C=O) groups is 3. The van der Waals surface area contributed by atoms with Gasteiger partial charge in [0.1, 0.15) is 6.10 Å². The summed E-state index contributed by atoms with van der Waals surface area (Å²) in [5.41, 5.74) is 3.69. The largest absolute Gasteiger partial charge is 0.462 e. The number of hydrogen-bond acceptors (Lipinski definition) is 5. The number of Topliss-reactive ketones (excluding diaryl/α,β-unsaturated/α-hetero) is 1. The predicted molar refractivity (Wildman–Crippen MR) is 212 cm³/mol. The second-order valence-electron chi connectivity index (χ2n) is 20.4. The summed E-state index contributed by atoms with van der Waals surface area (Å²) in [7, 11) is 4.16. The van der Waals surface area contributed by atoms with Crippen molar-refractivity contribution in [3.05, 3.63) is 46.0 Å². The first-order valence-electron chi connectivity index (χ1n) is 21.0. The van der Waals surface area contributed by atoms with Crippen LogP contribution in [0.25, 0.3) is 0 Å². The Kier molecular flexibility index (Phi) is 10.2. The van der Waals surface area contributed by atoms with Gasteiger partial charge in [0.15, 0.2) is 5.78 Å². The van der Waals surface area contributed by atoms with Crippen molar-refractivity contribution in [1.82, 2.24) is 9.80 Å². The third-order valence-corrected chi connectivity index (χ3v) is 16.7. The lowest BCUT2D eigenvalue weighted by molar-refractivity contribution is -0.212. The van der Waals surface area contributed by atoms with E-state index in [1.165, 1.54) is 24.0 Å². The van der Waals surface area contributed by atoms with Crippen LogP contribution in [0.1, 0.15) is 131 Å². The summed E-state index contributed by atoms with van der Waals surface area (Å²) in [6, 6.07) is 8.25. The standard InChI is InChI=1S/C46H67ClN2O4/c1-29(2)40-35(51)26-46(27-39(52)49(25-24-48(8)9)28-45(22-23-45)31-10-12-32(47)13-11-31)21-16-34-33(41(40)46)14-15-37-43(34,6)19-17-36-42(4,5)38(53-30(3)50)18-20-44(36,37)7/h10-13,29,33-34,36-38H,14-28H2,1-9H3. The molecule has 6 aliphatic carbocycles. The number of esters is 1. The first-order chi connectivity index (χ1) is 24.9. The molecule has 0 saturated heterocycles. The first-order valence-corrected chi connectivity index (χ1v) is 21.4. The number of rotatable bonds is 10. The average molecular weight is 748 g/mol. The number of halogens is 1. The molecule has 53 heavy (non-hydrogen) atoms. The Morgan fingerprint density at radius 1 is 0.849 bits per heavy atom. The zero-order chi connectivity index (χ0) is 38.3. The second kappa shape index (κ2) is 13.8. The maximum absolute atomic E-state index is 14.9. The molecule has 0 heterocycles. The minimum Gasteiger partial charge on any atom is -0.462 e. The van der Waals surface area contributed by atoms with Gasteiger partial charge in [-0.05, 0) is 142 Å². The van der Waals surface area contributed by atoms with Crippen molar-refractivity contribution in [1.29, 1.82) is 0 Å². The highest BCUT2D eigenvalue weighted by atomic mass is 35.5. The van der Waals surface area contributed by atoms with Crippen molar-refractivity contribution >= 4 is 29.3 Å². The van der Waals surface area contributed by atoms with E-state index >= 15 is 0 Å². The van der Waals surface area contributed by atoms with Gasteiger partial charge < -0.3 is 14.5 Å². The molecule has 7 heteroatoms. The maximum atomic E-state index is 14.9. The van der Waals surface area contributed by atoms with E-state index in [2.05, 4.69) is 77.6 Å². The van der Waals surface area contributed by atoms with Crippen LogP contribution in [0.3, 0.4) is 0 Å². The molecule has 1 amide bonds. The molecule has 0 radical (unpaired) electrons. The molecule has 1 aromatic carbocycles. The zero-order valence-electron chi connectivity index (χ0n) is 34.3. The quantitative estimate of drug-likeness (QED) is 0.223. The van der Waals surface area contributed by atoms with Gasteiger partial charge in [-0.3, -0.25) is 14.4 Å². The minimum absolute atomic E-state index is 0.0109. The number of likely N-dealkylation sites (N-methyl/N-ethyl adjacent to an activating group) is 1. The Hall–Kier alpha value is -2.18. The highest BCUT2D eigenvalue weighted by Gasteiger charge is 2.67. The summed E-state index contributed by atoms with van der Waals surface area (Å²) < 4.78 is 5.97. The highest BCUT2D eigenvalue weighted by molar-refractivity contribution is 6.30. The minimum atomic E-state index is -0.364. The Balaban J connectivity index is 1.18. The Morgan fingerprint density at radius 2 is 1.53 bits per heavy atom. The number of fused-ring (bicyclic) bond motifs is 7. The predicted octanol–water partition coefficient (Wildman–Crippen LogP) is 9.67. The molecular weight excluding hydrogens is 680 g/mol. The molecule has 0 aliphatic heterocycles. The molecule has 8 unspecified atom stereocenters. The summed E-state index contributed by atoms with van der Waals surface area (Å²) in [4.78, 5) is 45.5. The van der Waals surface area contributed by atoms with E-state index in [1.807, 2.05) is 12.1 Å². The van der Waals surface area contributed by atoms with Crippen molar-refractivity contribution < 1.29 is 19.1 Å². The smallest absolute Gasteiger partial charge is 0.302 e. The van der Waals surface area contributed by atoms with Crippen LogP contribution in [-0.2, 0) is 24.5 Å². The van der Waals surface area contributed by atoms with Gasteiger partial charge in [-0.15, -0.1) is 0 Å². The third kappa shape index (κ3) is 6.56. The van der Waals surface area contributed by atoms with E-state index in [-0.39, 0.29) is 51.0 Å². The number of benzene rings is 1. The molecule has 8 atom stereocenters. The number of amides is 1. The fourth-order valence-electron chi connectivity index (χ4n) is 13.9. The normalized spacial score (nSPS) is 36.8. The fourth-order valence-corrected chi connectivity index (χ4v) is 14.0. The van der Waals surface area contributed by atoms with Crippen LogP contribution in [-0.4, -0.2) is 67.3 Å². The molecule has 7 rings (SSSR count). The van der Waals surface area contributed by atoms with Gasteiger partial charge in [0.05, 0.1) is 0 Å². The molecule has 292 valence electrons. The molecule has 6 nitrogen and oxygen atoms in total. The monoisotopic (exact) mass is 746 g/mol. The second-order valence-corrected chi connectivity index (χ2v) is 20.8. The molecule has 0 N–H and O–H groups in total. The first kappa shape index (κ1) is 39.1. The SMILES string of the molecule is CC(=O)OC1CCC2(C)C(CCC3(C)C4CCC5(CC(=O)N(CCN(C)C)CC6(c7ccc(Cl)cc7)CC6)CC(=O)C(C(C)C)=C5C4CCC32)C1(C)C. The lowest BCUT2D eigenvalue weighted by Gasteiger charge is -2.68. The highest BCUT2D eigenvalue weighted by Crippen LogP contribution is 2.73. The van der Waals surface area contributed by atoms with Crippen molar-refractivity contribution in [3.8, 4) is 0 Å². The summed E-state index contributed by atoms with van der Waals surface area (Å²) in [6.07, 6.45) is 11.8. The van der Waals surface area contributed by atoms with E-state index in [4.69, 9.17) is 16.3 Å². The van der Waals surface area contributed by atoms with Crippen LogP contribution >= 0.6 is 11.6 Å². The van der Waals surface area contributed by atoms with Gasteiger partial charge in [-0.1, -0.05) is 70.8 Å². The maximum Gasteiger partial charge on any atom is 0.302 e. The average Bonchev–Trinajstić information content (AvgIpc) is 3.79. The molecule has 1 aromatic rings. The van der Waals surface area contributed by atoms with Gasteiger partial charge in [-0.25, -0.2) is 0 Å². The number of nitrogens with zero attached hydrogens (tertiary/aromatic N) is 2. The Labute approximate surface area is 325 Å². The molecule has 5 fully saturated rings. The van der Waals surface area contributed by atoms with Crippen molar-refractivity contribution in [2.45, 2.75) is 137 Å². The topological polar surface area (TPSA) is 66.9 Å². The van der Waals surface area contributed by atoms with E-state index in [0.29, 0.717) is 48.8 Å². The van der Waals surface area contributed by atoms with E-state index < -0.39 is 0 Å².